The van der Waals surface area contributed by atoms with E-state index in [2.05, 4.69) is 12.6 Å². The first kappa shape index (κ1) is 9.20. The first-order valence-corrected chi connectivity index (χ1v) is 4.27. The van der Waals surface area contributed by atoms with Gasteiger partial charge in [0.2, 0.25) is 0 Å². The van der Waals surface area contributed by atoms with Crippen molar-refractivity contribution in [3.05, 3.63) is 33.8 Å². The van der Waals surface area contributed by atoms with E-state index in [1.807, 2.05) is 0 Å². The quantitative estimate of drug-likeness (QED) is 0.538. The lowest BCUT2D eigenvalue weighted by atomic mass is 10.2. The fraction of sp³-hybridized carbons (Fsp3) is 0.143. The molecule has 4 heteroatoms. The van der Waals surface area contributed by atoms with E-state index < -0.39 is 0 Å². The molecule has 0 spiro atoms. The minimum Gasteiger partial charge on any atom is -0.316 e. The van der Waals surface area contributed by atoms with Crippen LogP contribution in [0.3, 0.4) is 0 Å². The molecule has 11 heavy (non-hydrogen) atoms. The van der Waals surface area contributed by atoms with Gasteiger partial charge in [-0.15, -0.1) is 0 Å². The van der Waals surface area contributed by atoms with Crippen molar-refractivity contribution in [3.63, 3.8) is 0 Å². The van der Waals surface area contributed by atoms with Crippen LogP contribution in [0.2, 0.25) is 10.0 Å². The van der Waals surface area contributed by atoms with Crippen LogP contribution in [0.25, 0.3) is 0 Å². The third kappa shape index (κ3) is 2.27. The molecule has 1 aromatic carbocycles. The lowest BCUT2D eigenvalue weighted by Gasteiger charge is -2.06. The lowest BCUT2D eigenvalue weighted by Crippen LogP contribution is -2.02. The van der Waals surface area contributed by atoms with Crippen LogP contribution in [-0.2, 0) is 0 Å². The molecule has 0 radical (unpaired) electrons. The van der Waals surface area contributed by atoms with Crippen molar-refractivity contribution in [1.82, 2.24) is 0 Å². The molecule has 1 atom stereocenters. The van der Waals surface area contributed by atoms with E-state index in [0.717, 1.165) is 5.56 Å². The average molecular weight is 208 g/mol. The number of hydrogen-bond donors (Lipinski definition) is 2. The molecule has 1 aromatic rings. The molecule has 0 aromatic heterocycles. The fourth-order valence-corrected chi connectivity index (χ4v) is 1.57. The minimum atomic E-state index is -0.347. The molecule has 0 aliphatic heterocycles. The van der Waals surface area contributed by atoms with Gasteiger partial charge in [-0.3, -0.25) is 0 Å². The van der Waals surface area contributed by atoms with Gasteiger partial charge < -0.3 is 5.73 Å². The zero-order valence-corrected chi connectivity index (χ0v) is 8.00. The Balaban J connectivity index is 3.09. The molecule has 0 heterocycles. The standard InChI is InChI=1S/C7H7Cl2NS/c8-4-1-2-5(7(10)11)6(9)3-4/h1-3,7,11H,10H2. The van der Waals surface area contributed by atoms with Gasteiger partial charge in [0.25, 0.3) is 0 Å². The van der Waals surface area contributed by atoms with Gasteiger partial charge in [-0.25, -0.2) is 0 Å². The molecule has 0 aliphatic carbocycles. The van der Waals surface area contributed by atoms with Crippen LogP contribution < -0.4 is 5.73 Å². The van der Waals surface area contributed by atoms with Crippen LogP contribution in [-0.4, -0.2) is 0 Å². The van der Waals surface area contributed by atoms with E-state index in [1.54, 1.807) is 18.2 Å². The second-order valence-corrected chi connectivity index (χ2v) is 3.51. The summed E-state index contributed by atoms with van der Waals surface area (Å²) in [5.74, 6) is 0. The molecule has 2 N–H and O–H groups in total. The second kappa shape index (κ2) is 3.68. The topological polar surface area (TPSA) is 26.0 Å². The van der Waals surface area contributed by atoms with Gasteiger partial charge in [0.1, 0.15) is 0 Å². The molecule has 0 saturated heterocycles. The summed E-state index contributed by atoms with van der Waals surface area (Å²) < 4.78 is 0. The monoisotopic (exact) mass is 207 g/mol. The molecule has 0 aliphatic rings. The number of benzene rings is 1. The van der Waals surface area contributed by atoms with E-state index in [9.17, 15) is 0 Å². The SMILES string of the molecule is NC(S)c1ccc(Cl)cc1Cl. The van der Waals surface area contributed by atoms with Crippen molar-refractivity contribution in [2.75, 3.05) is 0 Å². The van der Waals surface area contributed by atoms with Gasteiger partial charge in [0.05, 0.1) is 5.37 Å². The van der Waals surface area contributed by atoms with E-state index in [-0.39, 0.29) is 5.37 Å². The minimum absolute atomic E-state index is 0.347. The Morgan fingerprint density at radius 2 is 2.00 bits per heavy atom. The van der Waals surface area contributed by atoms with Crippen molar-refractivity contribution in [2.24, 2.45) is 5.73 Å². The molecule has 1 rings (SSSR count). The number of hydrogen-bond acceptors (Lipinski definition) is 2. The summed E-state index contributed by atoms with van der Waals surface area (Å²) in [7, 11) is 0. The molecule has 0 fully saturated rings. The number of rotatable bonds is 1. The Kier molecular flexibility index (Phi) is 3.07. The highest BCUT2D eigenvalue weighted by Crippen LogP contribution is 2.26. The highest BCUT2D eigenvalue weighted by molar-refractivity contribution is 7.80. The van der Waals surface area contributed by atoms with E-state index >= 15 is 0 Å². The summed E-state index contributed by atoms with van der Waals surface area (Å²) in [5, 5.41) is 0.813. The molecular formula is C7H7Cl2NS. The van der Waals surface area contributed by atoms with Gasteiger partial charge in [-0.1, -0.05) is 29.3 Å². The van der Waals surface area contributed by atoms with Gasteiger partial charge in [-0.2, -0.15) is 12.6 Å². The van der Waals surface area contributed by atoms with E-state index in [1.165, 1.54) is 0 Å². The lowest BCUT2D eigenvalue weighted by molar-refractivity contribution is 1.04. The van der Waals surface area contributed by atoms with Crippen molar-refractivity contribution in [1.29, 1.82) is 0 Å². The molecular weight excluding hydrogens is 201 g/mol. The summed E-state index contributed by atoms with van der Waals surface area (Å²) in [6.45, 7) is 0. The van der Waals surface area contributed by atoms with Gasteiger partial charge in [0, 0.05) is 10.0 Å². The summed E-state index contributed by atoms with van der Waals surface area (Å²) in [5.41, 5.74) is 6.29. The Morgan fingerprint density at radius 3 is 2.45 bits per heavy atom. The highest BCUT2D eigenvalue weighted by atomic mass is 35.5. The molecule has 60 valence electrons. The Hall–Kier alpha value is 0.110. The predicted octanol–water partition coefficient (Wildman–Crippen LogP) is 2.88. The molecule has 1 nitrogen and oxygen atoms in total. The van der Waals surface area contributed by atoms with Gasteiger partial charge in [-0.05, 0) is 17.7 Å². The Morgan fingerprint density at radius 1 is 1.36 bits per heavy atom. The van der Waals surface area contributed by atoms with Crippen LogP contribution in [0.1, 0.15) is 10.9 Å². The number of thiol groups is 1. The van der Waals surface area contributed by atoms with Crippen molar-refractivity contribution >= 4 is 35.8 Å². The van der Waals surface area contributed by atoms with Crippen LogP contribution in [0.15, 0.2) is 18.2 Å². The molecule has 0 saturated carbocycles. The summed E-state index contributed by atoms with van der Waals surface area (Å²) >= 11 is 15.5. The van der Waals surface area contributed by atoms with Crippen LogP contribution in [0, 0.1) is 0 Å². The first-order valence-electron chi connectivity index (χ1n) is 3.00. The smallest absolute Gasteiger partial charge is 0.0749 e. The maximum absolute atomic E-state index is 5.81. The van der Waals surface area contributed by atoms with Crippen LogP contribution >= 0.6 is 35.8 Å². The normalized spacial score (nSPS) is 13.1. The maximum Gasteiger partial charge on any atom is 0.0749 e. The first-order chi connectivity index (χ1) is 5.11. The van der Waals surface area contributed by atoms with Crippen LogP contribution in [0.4, 0.5) is 0 Å². The second-order valence-electron chi connectivity index (χ2n) is 2.11. The largest absolute Gasteiger partial charge is 0.316 e. The maximum atomic E-state index is 5.81. The molecule has 0 amide bonds. The number of halogens is 2. The fourth-order valence-electron chi connectivity index (χ4n) is 0.741. The van der Waals surface area contributed by atoms with Gasteiger partial charge >= 0.3 is 0 Å². The Bertz CT molecular complexity index is 263. The van der Waals surface area contributed by atoms with Crippen molar-refractivity contribution in [3.8, 4) is 0 Å². The highest BCUT2D eigenvalue weighted by Gasteiger charge is 2.04. The Labute approximate surface area is 80.9 Å². The molecule has 0 bridgehead atoms. The summed E-state index contributed by atoms with van der Waals surface area (Å²) in [6, 6.07) is 5.15. The number of nitrogens with two attached hydrogens (primary N) is 1. The predicted molar refractivity (Wildman–Crippen MR) is 52.4 cm³/mol. The van der Waals surface area contributed by atoms with Crippen molar-refractivity contribution < 1.29 is 0 Å². The zero-order chi connectivity index (χ0) is 8.43. The molecule has 1 unspecified atom stereocenters. The third-order valence-electron chi connectivity index (χ3n) is 1.28. The third-order valence-corrected chi connectivity index (χ3v) is 2.12. The van der Waals surface area contributed by atoms with Crippen molar-refractivity contribution in [2.45, 2.75) is 5.37 Å². The van der Waals surface area contributed by atoms with E-state index in [0.29, 0.717) is 10.0 Å². The van der Waals surface area contributed by atoms with Gasteiger partial charge in [0.15, 0.2) is 0 Å². The summed E-state index contributed by atoms with van der Waals surface area (Å²) in [4.78, 5) is 0. The average Bonchev–Trinajstić information content (AvgIpc) is 1.85. The van der Waals surface area contributed by atoms with E-state index in [4.69, 9.17) is 28.9 Å². The van der Waals surface area contributed by atoms with Crippen LogP contribution in [0.5, 0.6) is 0 Å². The zero-order valence-electron chi connectivity index (χ0n) is 5.59. The summed E-state index contributed by atoms with van der Waals surface area (Å²) in [6.07, 6.45) is 0.